The first-order valence-corrected chi connectivity index (χ1v) is 9.50. The number of benzene rings is 2. The molecule has 0 spiro atoms. The van der Waals surface area contributed by atoms with Crippen molar-refractivity contribution in [3.8, 4) is 0 Å². The van der Waals surface area contributed by atoms with Gasteiger partial charge in [-0.15, -0.1) is 0 Å². The molecular formula is C22H24ClN3O. The normalized spacial score (nSPS) is 10.9. The number of hydrogen-bond acceptors (Lipinski definition) is 2. The average molecular weight is 382 g/mol. The maximum Gasteiger partial charge on any atom is 0.224 e. The number of halogens is 1. The highest BCUT2D eigenvalue weighted by atomic mass is 35.5. The molecule has 3 rings (SSSR count). The van der Waals surface area contributed by atoms with Gasteiger partial charge in [-0.05, 0) is 43.2 Å². The summed E-state index contributed by atoms with van der Waals surface area (Å²) in [5.41, 5.74) is 4.18. The molecule has 27 heavy (non-hydrogen) atoms. The van der Waals surface area contributed by atoms with Gasteiger partial charge in [-0.25, -0.2) is 4.98 Å². The summed E-state index contributed by atoms with van der Waals surface area (Å²) in [6, 6.07) is 15.5. The van der Waals surface area contributed by atoms with Crippen LogP contribution in [0.4, 0.5) is 0 Å². The number of aromatic nitrogens is 2. The quantitative estimate of drug-likeness (QED) is 0.459. The molecule has 1 N–H and O–H groups in total. The highest BCUT2D eigenvalue weighted by Gasteiger charge is 2.10. The minimum absolute atomic E-state index is 0.0211. The minimum Gasteiger partial charge on any atom is -0.356 e. The summed E-state index contributed by atoms with van der Waals surface area (Å²) in [7, 11) is 0. The standard InChI is InChI=1S/C22H24ClN3O/c1-16(2)15-26-20-7-4-3-6-19(20)25-21(26)8-5-13-24-22(27)14-17-9-11-18(23)12-10-17/h3-4,6-7,9-12H,1,5,8,13-15H2,2H3,(H,24,27). The molecule has 1 aromatic heterocycles. The van der Waals surface area contributed by atoms with Crippen LogP contribution in [-0.4, -0.2) is 22.0 Å². The van der Waals surface area contributed by atoms with Crippen molar-refractivity contribution in [2.75, 3.05) is 6.54 Å². The Labute approximate surface area is 164 Å². The van der Waals surface area contributed by atoms with Crippen molar-refractivity contribution in [2.24, 2.45) is 0 Å². The number of carbonyl (C=O) groups excluding carboxylic acids is 1. The predicted molar refractivity (Wildman–Crippen MR) is 111 cm³/mol. The molecule has 0 radical (unpaired) electrons. The number of para-hydroxylation sites is 2. The van der Waals surface area contributed by atoms with Gasteiger partial charge in [0.25, 0.3) is 0 Å². The molecule has 0 bridgehead atoms. The summed E-state index contributed by atoms with van der Waals surface area (Å²) in [6.45, 7) is 7.44. The maximum absolute atomic E-state index is 12.1. The van der Waals surface area contributed by atoms with Crippen LogP contribution in [0.3, 0.4) is 0 Å². The molecule has 1 amide bonds. The second-order valence-corrected chi connectivity index (χ2v) is 7.25. The molecule has 3 aromatic rings. The molecule has 140 valence electrons. The molecule has 0 unspecified atom stereocenters. The van der Waals surface area contributed by atoms with Gasteiger partial charge in [0.1, 0.15) is 5.82 Å². The summed E-state index contributed by atoms with van der Waals surface area (Å²) in [5.74, 6) is 1.05. The molecule has 0 aliphatic heterocycles. The zero-order chi connectivity index (χ0) is 19.2. The van der Waals surface area contributed by atoms with Crippen molar-refractivity contribution >= 4 is 28.5 Å². The van der Waals surface area contributed by atoms with Crippen LogP contribution in [0.15, 0.2) is 60.7 Å². The number of fused-ring (bicyclic) bond motifs is 1. The van der Waals surface area contributed by atoms with Crippen molar-refractivity contribution in [1.82, 2.24) is 14.9 Å². The van der Waals surface area contributed by atoms with E-state index in [0.29, 0.717) is 18.0 Å². The molecule has 2 aromatic carbocycles. The van der Waals surface area contributed by atoms with E-state index in [1.807, 2.05) is 37.3 Å². The van der Waals surface area contributed by atoms with Crippen LogP contribution in [0.25, 0.3) is 11.0 Å². The Morgan fingerprint density at radius 3 is 2.67 bits per heavy atom. The number of carbonyl (C=O) groups is 1. The topological polar surface area (TPSA) is 46.9 Å². The van der Waals surface area contributed by atoms with Crippen LogP contribution in [0.5, 0.6) is 0 Å². The Bertz CT molecular complexity index is 944. The van der Waals surface area contributed by atoms with Gasteiger partial charge >= 0.3 is 0 Å². The van der Waals surface area contributed by atoms with Crippen molar-refractivity contribution in [3.05, 3.63) is 77.1 Å². The van der Waals surface area contributed by atoms with Gasteiger partial charge in [-0.3, -0.25) is 4.79 Å². The summed E-state index contributed by atoms with van der Waals surface area (Å²) >= 11 is 5.87. The molecular weight excluding hydrogens is 358 g/mol. The Morgan fingerprint density at radius 1 is 1.19 bits per heavy atom. The van der Waals surface area contributed by atoms with Crippen LogP contribution < -0.4 is 5.32 Å². The lowest BCUT2D eigenvalue weighted by atomic mass is 10.1. The third-order valence-corrected chi connectivity index (χ3v) is 4.59. The average Bonchev–Trinajstić information content (AvgIpc) is 2.98. The SMILES string of the molecule is C=C(C)Cn1c(CCCNC(=O)Cc2ccc(Cl)cc2)nc2ccccc21. The largest absolute Gasteiger partial charge is 0.356 e. The first kappa shape index (κ1) is 19.2. The highest BCUT2D eigenvalue weighted by Crippen LogP contribution is 2.18. The second kappa shape index (κ2) is 8.87. The van der Waals surface area contributed by atoms with Gasteiger partial charge in [-0.2, -0.15) is 0 Å². The van der Waals surface area contributed by atoms with Gasteiger partial charge in [0, 0.05) is 24.5 Å². The van der Waals surface area contributed by atoms with E-state index >= 15 is 0 Å². The lowest BCUT2D eigenvalue weighted by Crippen LogP contribution is -2.26. The summed E-state index contributed by atoms with van der Waals surface area (Å²) in [4.78, 5) is 16.8. The molecule has 1 heterocycles. The van der Waals surface area contributed by atoms with E-state index in [0.717, 1.165) is 47.4 Å². The minimum atomic E-state index is 0.0211. The van der Waals surface area contributed by atoms with E-state index in [-0.39, 0.29) is 5.91 Å². The van der Waals surface area contributed by atoms with E-state index in [1.54, 1.807) is 12.1 Å². The van der Waals surface area contributed by atoms with Crippen molar-refractivity contribution in [1.29, 1.82) is 0 Å². The van der Waals surface area contributed by atoms with Crippen molar-refractivity contribution < 1.29 is 4.79 Å². The molecule has 0 saturated heterocycles. The predicted octanol–water partition coefficient (Wildman–Crippen LogP) is 4.56. The molecule has 0 aliphatic carbocycles. The lowest BCUT2D eigenvalue weighted by Gasteiger charge is -2.09. The van der Waals surface area contributed by atoms with Crippen LogP contribution in [-0.2, 0) is 24.2 Å². The lowest BCUT2D eigenvalue weighted by molar-refractivity contribution is -0.120. The Morgan fingerprint density at radius 2 is 1.93 bits per heavy atom. The first-order valence-electron chi connectivity index (χ1n) is 9.12. The number of hydrogen-bond donors (Lipinski definition) is 1. The van der Waals surface area contributed by atoms with E-state index in [2.05, 4.69) is 22.5 Å². The summed E-state index contributed by atoms with van der Waals surface area (Å²) < 4.78 is 2.22. The van der Waals surface area contributed by atoms with Gasteiger partial charge in [0.05, 0.1) is 17.5 Å². The molecule has 4 nitrogen and oxygen atoms in total. The van der Waals surface area contributed by atoms with Gasteiger partial charge < -0.3 is 9.88 Å². The van der Waals surface area contributed by atoms with E-state index in [1.165, 1.54) is 0 Å². The van der Waals surface area contributed by atoms with Gasteiger partial charge in [0.15, 0.2) is 0 Å². The fourth-order valence-electron chi connectivity index (χ4n) is 3.09. The van der Waals surface area contributed by atoms with Crippen LogP contribution in [0, 0.1) is 0 Å². The van der Waals surface area contributed by atoms with Crippen LogP contribution in [0.2, 0.25) is 5.02 Å². The number of allylic oxidation sites excluding steroid dienone is 1. The molecule has 0 aliphatic rings. The number of rotatable bonds is 8. The zero-order valence-electron chi connectivity index (χ0n) is 15.5. The van der Waals surface area contributed by atoms with Crippen LogP contribution >= 0.6 is 11.6 Å². The number of amides is 1. The van der Waals surface area contributed by atoms with Crippen LogP contribution in [0.1, 0.15) is 24.7 Å². The van der Waals surface area contributed by atoms with Gasteiger partial charge in [-0.1, -0.05) is 48.0 Å². The summed E-state index contributed by atoms with van der Waals surface area (Å²) in [5, 5.41) is 3.66. The first-order chi connectivity index (χ1) is 13.0. The van der Waals surface area contributed by atoms with E-state index in [4.69, 9.17) is 16.6 Å². The van der Waals surface area contributed by atoms with Crippen molar-refractivity contribution in [3.63, 3.8) is 0 Å². The third-order valence-electron chi connectivity index (χ3n) is 4.34. The monoisotopic (exact) mass is 381 g/mol. The molecule has 0 fully saturated rings. The Kier molecular flexibility index (Phi) is 6.30. The molecule has 0 atom stereocenters. The van der Waals surface area contributed by atoms with Gasteiger partial charge in [0.2, 0.25) is 5.91 Å². The molecule has 0 saturated carbocycles. The van der Waals surface area contributed by atoms with E-state index < -0.39 is 0 Å². The Hall–Kier alpha value is -2.59. The fourth-order valence-corrected chi connectivity index (χ4v) is 3.21. The number of aryl methyl sites for hydroxylation is 1. The maximum atomic E-state index is 12.1. The fraction of sp³-hybridized carbons (Fsp3) is 0.273. The number of nitrogens with zero attached hydrogens (tertiary/aromatic N) is 2. The second-order valence-electron chi connectivity index (χ2n) is 6.82. The third kappa shape index (κ3) is 5.20. The highest BCUT2D eigenvalue weighted by molar-refractivity contribution is 6.30. The van der Waals surface area contributed by atoms with E-state index in [9.17, 15) is 4.79 Å². The summed E-state index contributed by atoms with van der Waals surface area (Å²) in [6.07, 6.45) is 2.01. The smallest absolute Gasteiger partial charge is 0.224 e. The number of imidazole rings is 1. The number of nitrogens with one attached hydrogen (secondary N) is 1. The zero-order valence-corrected chi connectivity index (χ0v) is 16.3. The molecule has 5 heteroatoms. The Balaban J connectivity index is 1.55. The van der Waals surface area contributed by atoms with Crippen molar-refractivity contribution in [2.45, 2.75) is 32.7 Å².